The van der Waals surface area contributed by atoms with Crippen LogP contribution in [0.15, 0.2) is 0 Å². The molecule has 1 saturated carbocycles. The predicted molar refractivity (Wildman–Crippen MR) is 72.2 cm³/mol. The van der Waals surface area contributed by atoms with E-state index in [1.807, 2.05) is 0 Å². The van der Waals surface area contributed by atoms with Gasteiger partial charge in [0.2, 0.25) is 0 Å². The Balaban J connectivity index is 2.57. The van der Waals surface area contributed by atoms with E-state index < -0.39 is 0 Å². The van der Waals surface area contributed by atoms with Gasteiger partial charge in [0.1, 0.15) is 0 Å². The van der Waals surface area contributed by atoms with Crippen LogP contribution in [0.25, 0.3) is 0 Å². The third-order valence-electron chi connectivity index (χ3n) is 4.36. The minimum Gasteiger partial charge on any atom is -0.309 e. The minimum atomic E-state index is 0.608. The highest BCUT2D eigenvalue weighted by atomic mass is 14.5. The maximum absolute atomic E-state index is 8.06. The smallest absolute Gasteiger partial charge is 0.0117 e. The van der Waals surface area contributed by atoms with Gasteiger partial charge in [-0.1, -0.05) is 40.0 Å². The molecule has 1 N–H and O–H groups in total. The Kier molecular flexibility index (Phi) is 6.08. The van der Waals surface area contributed by atoms with Crippen LogP contribution < -0.4 is 0 Å². The molecule has 3 atom stereocenters. The summed E-state index contributed by atoms with van der Waals surface area (Å²) in [7, 11) is 0. The molecule has 0 saturated heterocycles. The van der Waals surface area contributed by atoms with E-state index in [4.69, 9.17) is 5.41 Å². The summed E-state index contributed by atoms with van der Waals surface area (Å²) < 4.78 is 0. The van der Waals surface area contributed by atoms with E-state index in [0.29, 0.717) is 5.92 Å². The van der Waals surface area contributed by atoms with E-state index in [1.165, 1.54) is 44.9 Å². The van der Waals surface area contributed by atoms with Gasteiger partial charge in [-0.2, -0.15) is 0 Å². The zero-order chi connectivity index (χ0) is 12.0. The molecule has 0 aromatic carbocycles. The zero-order valence-corrected chi connectivity index (χ0v) is 11.4. The fourth-order valence-corrected chi connectivity index (χ4v) is 3.25. The van der Waals surface area contributed by atoms with E-state index in [2.05, 4.69) is 20.8 Å². The van der Waals surface area contributed by atoms with Gasteiger partial charge in [-0.15, -0.1) is 0 Å². The first-order valence-corrected chi connectivity index (χ1v) is 7.28. The molecule has 94 valence electrons. The molecule has 0 heterocycles. The SMILES string of the molecule is CCCC1CCC(C(=N)CC)CC(CC)C1. The highest BCUT2D eigenvalue weighted by molar-refractivity contribution is 5.83. The summed E-state index contributed by atoms with van der Waals surface area (Å²) in [6, 6.07) is 0. The molecule has 0 spiro atoms. The highest BCUT2D eigenvalue weighted by Gasteiger charge is 2.26. The third-order valence-corrected chi connectivity index (χ3v) is 4.36. The quantitative estimate of drug-likeness (QED) is 0.498. The fraction of sp³-hybridized carbons (Fsp3) is 0.933. The van der Waals surface area contributed by atoms with Gasteiger partial charge in [-0.3, -0.25) is 0 Å². The van der Waals surface area contributed by atoms with Crippen molar-refractivity contribution in [3.63, 3.8) is 0 Å². The monoisotopic (exact) mass is 223 g/mol. The maximum atomic E-state index is 8.06. The molecule has 0 radical (unpaired) electrons. The largest absolute Gasteiger partial charge is 0.309 e. The Morgan fingerprint density at radius 2 is 1.81 bits per heavy atom. The molecule has 0 amide bonds. The minimum absolute atomic E-state index is 0.608. The average molecular weight is 223 g/mol. The second kappa shape index (κ2) is 7.09. The lowest BCUT2D eigenvalue weighted by molar-refractivity contribution is 0.345. The standard InChI is InChI=1S/C15H29N/c1-4-7-13-8-9-14(15(16)6-3)11-12(5-2)10-13/h12-14,16H,4-11H2,1-3H3. The van der Waals surface area contributed by atoms with Gasteiger partial charge >= 0.3 is 0 Å². The summed E-state index contributed by atoms with van der Waals surface area (Å²) in [5.74, 6) is 2.44. The topological polar surface area (TPSA) is 23.9 Å². The lowest BCUT2D eigenvalue weighted by Crippen LogP contribution is -2.14. The summed E-state index contributed by atoms with van der Waals surface area (Å²) in [4.78, 5) is 0. The summed E-state index contributed by atoms with van der Waals surface area (Å²) in [5.41, 5.74) is 1.01. The van der Waals surface area contributed by atoms with Crippen molar-refractivity contribution >= 4 is 5.71 Å². The Morgan fingerprint density at radius 3 is 2.38 bits per heavy atom. The molecular weight excluding hydrogens is 194 g/mol. The van der Waals surface area contributed by atoms with Gasteiger partial charge in [-0.25, -0.2) is 0 Å². The van der Waals surface area contributed by atoms with Gasteiger partial charge in [0, 0.05) is 5.71 Å². The molecule has 1 aliphatic rings. The number of hydrogen-bond donors (Lipinski definition) is 1. The van der Waals surface area contributed by atoms with Crippen LogP contribution in [0.4, 0.5) is 0 Å². The zero-order valence-electron chi connectivity index (χ0n) is 11.4. The van der Waals surface area contributed by atoms with Gasteiger partial charge < -0.3 is 5.41 Å². The molecule has 0 aromatic heterocycles. The van der Waals surface area contributed by atoms with Gasteiger partial charge in [0.05, 0.1) is 0 Å². The van der Waals surface area contributed by atoms with Crippen molar-refractivity contribution in [2.45, 2.75) is 72.1 Å². The van der Waals surface area contributed by atoms with Gasteiger partial charge in [0.25, 0.3) is 0 Å². The number of rotatable bonds is 5. The summed E-state index contributed by atoms with van der Waals surface area (Å²) in [6.45, 7) is 6.76. The second-order valence-electron chi connectivity index (χ2n) is 5.55. The molecule has 0 aromatic rings. The van der Waals surface area contributed by atoms with E-state index >= 15 is 0 Å². The lowest BCUT2D eigenvalue weighted by atomic mass is 9.86. The van der Waals surface area contributed by atoms with Crippen molar-refractivity contribution in [2.24, 2.45) is 17.8 Å². The molecule has 16 heavy (non-hydrogen) atoms. The van der Waals surface area contributed by atoms with Crippen LogP contribution in [-0.4, -0.2) is 5.71 Å². The van der Waals surface area contributed by atoms with Crippen molar-refractivity contribution in [1.29, 1.82) is 5.41 Å². The molecule has 1 rings (SSSR count). The highest BCUT2D eigenvalue weighted by Crippen LogP contribution is 2.35. The number of nitrogens with one attached hydrogen (secondary N) is 1. The van der Waals surface area contributed by atoms with E-state index in [-0.39, 0.29) is 0 Å². The first kappa shape index (κ1) is 13.7. The molecular formula is C15H29N. The first-order valence-electron chi connectivity index (χ1n) is 7.28. The van der Waals surface area contributed by atoms with Crippen molar-refractivity contribution in [3.8, 4) is 0 Å². The van der Waals surface area contributed by atoms with Gasteiger partial charge in [0.15, 0.2) is 0 Å². The number of hydrogen-bond acceptors (Lipinski definition) is 1. The van der Waals surface area contributed by atoms with Crippen molar-refractivity contribution < 1.29 is 0 Å². The first-order chi connectivity index (χ1) is 7.71. The molecule has 1 nitrogen and oxygen atoms in total. The molecule has 3 unspecified atom stereocenters. The third kappa shape index (κ3) is 3.92. The van der Waals surface area contributed by atoms with Crippen molar-refractivity contribution in [1.82, 2.24) is 0 Å². The average Bonchev–Trinajstić information content (AvgIpc) is 2.51. The normalized spacial score (nSPS) is 31.1. The van der Waals surface area contributed by atoms with Crippen LogP contribution >= 0.6 is 0 Å². The summed E-state index contributed by atoms with van der Waals surface area (Å²) in [6.07, 6.45) is 10.4. The molecule has 0 bridgehead atoms. The van der Waals surface area contributed by atoms with Crippen molar-refractivity contribution in [2.75, 3.05) is 0 Å². The van der Waals surface area contributed by atoms with E-state index in [1.54, 1.807) is 0 Å². The van der Waals surface area contributed by atoms with E-state index in [0.717, 1.165) is 24.0 Å². The van der Waals surface area contributed by atoms with Crippen LogP contribution in [0.3, 0.4) is 0 Å². The Labute approximate surface area is 102 Å². The second-order valence-corrected chi connectivity index (χ2v) is 5.55. The van der Waals surface area contributed by atoms with E-state index in [9.17, 15) is 0 Å². The van der Waals surface area contributed by atoms with Crippen LogP contribution in [0.2, 0.25) is 0 Å². The predicted octanol–water partition coefficient (Wildman–Crippen LogP) is 5.05. The maximum Gasteiger partial charge on any atom is 0.0117 e. The lowest BCUT2D eigenvalue weighted by Gasteiger charge is -2.19. The van der Waals surface area contributed by atoms with Crippen molar-refractivity contribution in [3.05, 3.63) is 0 Å². The van der Waals surface area contributed by atoms with Crippen LogP contribution in [0.5, 0.6) is 0 Å². The van der Waals surface area contributed by atoms with Gasteiger partial charge in [-0.05, 0) is 49.9 Å². The Morgan fingerprint density at radius 1 is 1.06 bits per heavy atom. The molecule has 0 aliphatic heterocycles. The summed E-state index contributed by atoms with van der Waals surface area (Å²) >= 11 is 0. The fourth-order valence-electron chi connectivity index (χ4n) is 3.25. The molecule has 1 aliphatic carbocycles. The summed E-state index contributed by atoms with van der Waals surface area (Å²) in [5, 5.41) is 8.06. The van der Waals surface area contributed by atoms with Crippen LogP contribution in [0.1, 0.15) is 72.1 Å². The Hall–Kier alpha value is -0.330. The van der Waals surface area contributed by atoms with Crippen LogP contribution in [-0.2, 0) is 0 Å². The molecule has 1 fully saturated rings. The Bertz CT molecular complexity index is 209. The van der Waals surface area contributed by atoms with Crippen LogP contribution in [0, 0.1) is 23.2 Å². The molecule has 1 heteroatoms.